The number of H-pyrrole nitrogens is 1. The number of amides is 1. The normalized spacial score (nSPS) is 10.4. The van der Waals surface area contributed by atoms with Gasteiger partial charge in [-0.25, -0.2) is 14.7 Å². The Morgan fingerprint density at radius 1 is 1.77 bits per heavy atom. The molecule has 1 aromatic rings. The number of anilines is 1. The molecular weight excluding hydrogens is 170 g/mol. The molecule has 0 aromatic carbocycles. The lowest BCUT2D eigenvalue weighted by molar-refractivity contribution is 0.200. The average Bonchev–Trinajstić information content (AvgIpc) is 2.50. The van der Waals surface area contributed by atoms with Crippen molar-refractivity contribution in [2.24, 2.45) is 5.92 Å². The molecule has 1 aromatic heterocycles. The zero-order valence-corrected chi connectivity index (χ0v) is 7.69. The van der Waals surface area contributed by atoms with Crippen LogP contribution in [0.4, 0.5) is 10.7 Å². The standard InChI is InChI=1S/C8H13N3O2/c1-6(2)5-11(8(12)13)7-9-3-4-10-7/h3-4,6H,5H2,1-2H3,(H,9,10)(H,12,13). The van der Waals surface area contributed by atoms with E-state index >= 15 is 0 Å². The molecular formula is C8H13N3O2. The van der Waals surface area contributed by atoms with Crippen molar-refractivity contribution in [3.8, 4) is 0 Å². The average molecular weight is 183 g/mol. The van der Waals surface area contributed by atoms with Gasteiger partial charge in [-0.05, 0) is 5.92 Å². The quantitative estimate of drug-likeness (QED) is 0.746. The zero-order valence-electron chi connectivity index (χ0n) is 7.69. The van der Waals surface area contributed by atoms with E-state index in [0.29, 0.717) is 12.5 Å². The van der Waals surface area contributed by atoms with Gasteiger partial charge in [0.05, 0.1) is 0 Å². The van der Waals surface area contributed by atoms with Gasteiger partial charge in [0.15, 0.2) is 0 Å². The van der Waals surface area contributed by atoms with Crippen LogP contribution in [0.3, 0.4) is 0 Å². The lowest BCUT2D eigenvalue weighted by Gasteiger charge is -2.17. The summed E-state index contributed by atoms with van der Waals surface area (Å²) < 4.78 is 0. The van der Waals surface area contributed by atoms with Gasteiger partial charge in [-0.2, -0.15) is 0 Å². The van der Waals surface area contributed by atoms with Gasteiger partial charge in [-0.15, -0.1) is 0 Å². The van der Waals surface area contributed by atoms with Crippen molar-refractivity contribution in [1.82, 2.24) is 9.97 Å². The van der Waals surface area contributed by atoms with Crippen LogP contribution >= 0.6 is 0 Å². The Labute approximate surface area is 76.4 Å². The summed E-state index contributed by atoms with van der Waals surface area (Å²) >= 11 is 0. The molecule has 1 rings (SSSR count). The lowest BCUT2D eigenvalue weighted by Crippen LogP contribution is -2.33. The number of rotatable bonds is 3. The van der Waals surface area contributed by atoms with Crippen LogP contribution in [0.5, 0.6) is 0 Å². The molecule has 0 saturated carbocycles. The van der Waals surface area contributed by atoms with Crippen LogP contribution in [0.15, 0.2) is 12.4 Å². The van der Waals surface area contributed by atoms with Crippen molar-refractivity contribution in [1.29, 1.82) is 0 Å². The predicted molar refractivity (Wildman–Crippen MR) is 48.8 cm³/mol. The first-order valence-corrected chi connectivity index (χ1v) is 4.11. The first-order valence-electron chi connectivity index (χ1n) is 4.11. The lowest BCUT2D eigenvalue weighted by atomic mass is 10.2. The molecule has 2 N–H and O–H groups in total. The number of hydrogen-bond donors (Lipinski definition) is 2. The van der Waals surface area contributed by atoms with Crippen LogP contribution in [0.25, 0.3) is 0 Å². The van der Waals surface area contributed by atoms with Crippen molar-refractivity contribution in [2.45, 2.75) is 13.8 Å². The highest BCUT2D eigenvalue weighted by Crippen LogP contribution is 2.08. The highest BCUT2D eigenvalue weighted by molar-refractivity contribution is 5.83. The Morgan fingerprint density at radius 2 is 2.46 bits per heavy atom. The van der Waals surface area contributed by atoms with E-state index in [1.54, 1.807) is 6.20 Å². The molecule has 0 saturated heterocycles. The second kappa shape index (κ2) is 3.93. The topological polar surface area (TPSA) is 69.2 Å². The fourth-order valence-corrected chi connectivity index (χ4v) is 1.02. The van der Waals surface area contributed by atoms with Gasteiger partial charge >= 0.3 is 6.09 Å². The molecule has 5 heteroatoms. The number of nitrogens with zero attached hydrogens (tertiary/aromatic N) is 2. The number of imidazole rings is 1. The van der Waals surface area contributed by atoms with E-state index in [1.165, 1.54) is 11.1 Å². The molecule has 0 aliphatic rings. The Morgan fingerprint density at radius 3 is 2.85 bits per heavy atom. The molecule has 72 valence electrons. The first kappa shape index (κ1) is 9.57. The van der Waals surface area contributed by atoms with Crippen LogP contribution < -0.4 is 4.90 Å². The van der Waals surface area contributed by atoms with Crippen molar-refractivity contribution in [2.75, 3.05) is 11.4 Å². The summed E-state index contributed by atoms with van der Waals surface area (Å²) in [5, 5.41) is 8.86. The highest BCUT2D eigenvalue weighted by atomic mass is 16.4. The summed E-state index contributed by atoms with van der Waals surface area (Å²) in [6, 6.07) is 0. The third kappa shape index (κ3) is 2.47. The zero-order chi connectivity index (χ0) is 9.84. The summed E-state index contributed by atoms with van der Waals surface area (Å²) in [6.45, 7) is 4.36. The van der Waals surface area contributed by atoms with Gasteiger partial charge in [0.25, 0.3) is 0 Å². The van der Waals surface area contributed by atoms with E-state index in [9.17, 15) is 4.79 Å². The highest BCUT2D eigenvalue weighted by Gasteiger charge is 2.17. The Kier molecular flexibility index (Phi) is 2.89. The summed E-state index contributed by atoms with van der Waals surface area (Å²) in [6.07, 6.45) is 2.15. The van der Waals surface area contributed by atoms with Crippen LogP contribution in [0.2, 0.25) is 0 Å². The van der Waals surface area contributed by atoms with Crippen molar-refractivity contribution < 1.29 is 9.90 Å². The number of aromatic amines is 1. The fraction of sp³-hybridized carbons (Fsp3) is 0.500. The number of carbonyl (C=O) groups is 1. The van der Waals surface area contributed by atoms with E-state index < -0.39 is 6.09 Å². The molecule has 0 spiro atoms. The Hall–Kier alpha value is -1.52. The second-order valence-corrected chi connectivity index (χ2v) is 3.20. The van der Waals surface area contributed by atoms with E-state index in [4.69, 9.17) is 5.11 Å². The van der Waals surface area contributed by atoms with E-state index in [0.717, 1.165) is 0 Å². The number of aromatic nitrogens is 2. The monoisotopic (exact) mass is 183 g/mol. The molecule has 0 aliphatic carbocycles. The minimum absolute atomic E-state index is 0.279. The largest absolute Gasteiger partial charge is 0.465 e. The van der Waals surface area contributed by atoms with E-state index in [2.05, 4.69) is 9.97 Å². The van der Waals surface area contributed by atoms with E-state index in [-0.39, 0.29) is 5.92 Å². The third-order valence-corrected chi connectivity index (χ3v) is 1.52. The molecule has 0 fully saturated rings. The van der Waals surface area contributed by atoms with Crippen LogP contribution in [-0.2, 0) is 0 Å². The maximum atomic E-state index is 10.8. The minimum Gasteiger partial charge on any atom is -0.465 e. The molecule has 13 heavy (non-hydrogen) atoms. The van der Waals surface area contributed by atoms with E-state index in [1.807, 2.05) is 13.8 Å². The van der Waals surface area contributed by atoms with Crippen LogP contribution in [0.1, 0.15) is 13.8 Å². The van der Waals surface area contributed by atoms with Crippen molar-refractivity contribution in [3.05, 3.63) is 12.4 Å². The van der Waals surface area contributed by atoms with Crippen LogP contribution in [0, 0.1) is 5.92 Å². The number of carboxylic acid groups (broad SMARTS) is 1. The van der Waals surface area contributed by atoms with Crippen molar-refractivity contribution >= 4 is 12.0 Å². The second-order valence-electron chi connectivity index (χ2n) is 3.20. The van der Waals surface area contributed by atoms with Gasteiger partial charge in [-0.1, -0.05) is 13.8 Å². The molecule has 0 atom stereocenters. The van der Waals surface area contributed by atoms with Crippen molar-refractivity contribution in [3.63, 3.8) is 0 Å². The summed E-state index contributed by atoms with van der Waals surface area (Å²) in [4.78, 5) is 18.6. The Bertz CT molecular complexity index is 269. The van der Waals surface area contributed by atoms with Gasteiger partial charge in [0, 0.05) is 18.9 Å². The number of nitrogens with one attached hydrogen (secondary N) is 1. The third-order valence-electron chi connectivity index (χ3n) is 1.52. The summed E-state index contributed by atoms with van der Waals surface area (Å²) in [7, 11) is 0. The minimum atomic E-state index is -0.983. The smallest absolute Gasteiger partial charge is 0.414 e. The molecule has 0 aliphatic heterocycles. The summed E-state index contributed by atoms with van der Waals surface area (Å²) in [5.41, 5.74) is 0. The SMILES string of the molecule is CC(C)CN(C(=O)O)c1ncc[nH]1. The van der Waals surface area contributed by atoms with Gasteiger partial charge in [0.1, 0.15) is 0 Å². The maximum Gasteiger partial charge on any atom is 0.414 e. The van der Waals surface area contributed by atoms with Gasteiger partial charge in [-0.3, -0.25) is 0 Å². The number of hydrogen-bond acceptors (Lipinski definition) is 2. The molecule has 5 nitrogen and oxygen atoms in total. The van der Waals surface area contributed by atoms with Gasteiger partial charge in [0.2, 0.25) is 5.95 Å². The molecule has 1 amide bonds. The summed E-state index contributed by atoms with van der Waals surface area (Å²) in [5.74, 6) is 0.655. The van der Waals surface area contributed by atoms with Crippen LogP contribution in [-0.4, -0.2) is 27.7 Å². The predicted octanol–water partition coefficient (Wildman–Crippen LogP) is 1.55. The Balaban J connectivity index is 2.75. The first-order chi connectivity index (χ1) is 6.11. The maximum absolute atomic E-state index is 10.8. The fourth-order valence-electron chi connectivity index (χ4n) is 1.02. The molecule has 0 bridgehead atoms. The molecule has 0 unspecified atom stereocenters. The van der Waals surface area contributed by atoms with Gasteiger partial charge < -0.3 is 10.1 Å². The molecule has 0 radical (unpaired) electrons. The molecule has 1 heterocycles.